The molecule has 32 heavy (non-hydrogen) atoms. The Labute approximate surface area is 185 Å². The van der Waals surface area contributed by atoms with E-state index in [1.54, 1.807) is 26.1 Å². The Morgan fingerprint density at radius 1 is 0.906 bits per heavy atom. The van der Waals surface area contributed by atoms with Crippen LogP contribution in [0, 0.1) is 0 Å². The third-order valence-corrected chi connectivity index (χ3v) is 6.87. The van der Waals surface area contributed by atoms with Crippen LogP contribution in [0.5, 0.6) is 0 Å². The van der Waals surface area contributed by atoms with E-state index in [9.17, 15) is 8.42 Å². The van der Waals surface area contributed by atoms with Crippen molar-refractivity contribution in [2.24, 2.45) is 0 Å². The van der Waals surface area contributed by atoms with Gasteiger partial charge in [-0.1, -0.05) is 12.1 Å². The van der Waals surface area contributed by atoms with Crippen LogP contribution in [0.25, 0.3) is 34.3 Å². The van der Waals surface area contributed by atoms with Crippen molar-refractivity contribution in [3.8, 4) is 34.3 Å². The normalized spacial score (nSPS) is 11.8. The number of hydrogen-bond donors (Lipinski definition) is 1. The van der Waals surface area contributed by atoms with E-state index >= 15 is 0 Å². The number of rotatable bonds is 7. The number of hydrogen-bond acceptors (Lipinski definition) is 9. The molecule has 10 heteroatoms. The summed E-state index contributed by atoms with van der Waals surface area (Å²) in [5.41, 5.74) is 3.50. The lowest BCUT2D eigenvalue weighted by Crippen LogP contribution is -2.15. The first-order valence-corrected chi connectivity index (χ1v) is 11.5. The van der Waals surface area contributed by atoms with Crippen LogP contribution in [0.2, 0.25) is 0 Å². The van der Waals surface area contributed by atoms with Gasteiger partial charge < -0.3 is 9.73 Å². The predicted molar refractivity (Wildman–Crippen MR) is 119 cm³/mol. The molecule has 3 aromatic heterocycles. The van der Waals surface area contributed by atoms with Crippen LogP contribution < -0.4 is 5.32 Å². The first-order valence-electron chi connectivity index (χ1n) is 9.98. The summed E-state index contributed by atoms with van der Waals surface area (Å²) in [6.07, 6.45) is 4.56. The molecule has 4 aromatic rings. The van der Waals surface area contributed by atoms with E-state index in [-0.39, 0.29) is 10.9 Å². The van der Waals surface area contributed by atoms with Gasteiger partial charge >= 0.3 is 0 Å². The zero-order chi connectivity index (χ0) is 22.7. The first-order chi connectivity index (χ1) is 15.4. The quantitative estimate of drug-likeness (QED) is 0.452. The van der Waals surface area contributed by atoms with Crippen molar-refractivity contribution >= 4 is 9.84 Å². The number of aromatic nitrogens is 5. The van der Waals surface area contributed by atoms with Crippen LogP contribution in [-0.4, -0.2) is 45.9 Å². The van der Waals surface area contributed by atoms with Gasteiger partial charge in [0.05, 0.1) is 23.3 Å². The largest absolute Gasteiger partial charge is 0.415 e. The molecule has 0 spiro atoms. The minimum atomic E-state index is -3.44. The number of benzene rings is 1. The van der Waals surface area contributed by atoms with Crippen LogP contribution in [0.3, 0.4) is 0 Å². The lowest BCUT2D eigenvalue weighted by Gasteiger charge is -2.07. The Morgan fingerprint density at radius 3 is 2.25 bits per heavy atom. The van der Waals surface area contributed by atoms with E-state index < -0.39 is 15.1 Å². The molecular weight excluding hydrogens is 428 g/mol. The highest BCUT2D eigenvalue weighted by Gasteiger charge is 2.21. The van der Waals surface area contributed by atoms with Gasteiger partial charge in [-0.05, 0) is 50.7 Å². The maximum Gasteiger partial charge on any atom is 0.268 e. The summed E-state index contributed by atoms with van der Waals surface area (Å²) < 4.78 is 30.3. The molecule has 164 valence electrons. The average Bonchev–Trinajstić information content (AvgIpc) is 3.30. The van der Waals surface area contributed by atoms with Crippen molar-refractivity contribution in [3.63, 3.8) is 0 Å². The van der Waals surface area contributed by atoms with Gasteiger partial charge in [0.2, 0.25) is 5.89 Å². The molecule has 1 aromatic carbocycles. The molecule has 4 rings (SSSR count). The fraction of sp³-hybridized carbons (Fsp3) is 0.227. The average molecular weight is 451 g/mol. The highest BCUT2D eigenvalue weighted by Crippen LogP contribution is 2.25. The monoisotopic (exact) mass is 450 g/mol. The Balaban J connectivity index is 1.59. The van der Waals surface area contributed by atoms with Crippen LogP contribution in [0.15, 0.2) is 64.4 Å². The van der Waals surface area contributed by atoms with Gasteiger partial charge in [0, 0.05) is 23.9 Å². The summed E-state index contributed by atoms with van der Waals surface area (Å²) in [6.45, 7) is 4.02. The molecule has 3 heterocycles. The molecule has 0 saturated heterocycles. The summed E-state index contributed by atoms with van der Waals surface area (Å²) in [7, 11) is -1.55. The summed E-state index contributed by atoms with van der Waals surface area (Å²) in [5.74, 6) is 0.619. The van der Waals surface area contributed by atoms with Crippen molar-refractivity contribution in [3.05, 3.63) is 60.6 Å². The van der Waals surface area contributed by atoms with Crippen LogP contribution in [-0.2, 0) is 16.4 Å². The minimum Gasteiger partial charge on any atom is -0.415 e. The van der Waals surface area contributed by atoms with E-state index in [0.29, 0.717) is 22.8 Å². The van der Waals surface area contributed by atoms with Gasteiger partial charge in [0.1, 0.15) is 5.69 Å². The van der Waals surface area contributed by atoms with E-state index in [1.165, 1.54) is 18.5 Å². The lowest BCUT2D eigenvalue weighted by molar-refractivity contribution is 0.581. The van der Waals surface area contributed by atoms with Crippen molar-refractivity contribution in [1.29, 1.82) is 0 Å². The Hall–Kier alpha value is -3.50. The van der Waals surface area contributed by atoms with Crippen molar-refractivity contribution in [1.82, 2.24) is 30.5 Å². The maximum absolute atomic E-state index is 12.3. The molecule has 0 aliphatic carbocycles. The van der Waals surface area contributed by atoms with Gasteiger partial charge in [-0.3, -0.25) is 4.98 Å². The van der Waals surface area contributed by atoms with Gasteiger partial charge in [0.25, 0.3) is 5.89 Å². The number of pyridine rings is 1. The third kappa shape index (κ3) is 4.41. The second-order valence-corrected chi connectivity index (χ2v) is 9.86. The Kier molecular flexibility index (Phi) is 6.06. The van der Waals surface area contributed by atoms with Crippen molar-refractivity contribution < 1.29 is 12.8 Å². The molecule has 0 saturated carbocycles. The number of nitrogens with one attached hydrogen (secondary N) is 1. The summed E-state index contributed by atoms with van der Waals surface area (Å²) in [5, 5.41) is 10.8. The molecule has 0 aliphatic heterocycles. The lowest BCUT2D eigenvalue weighted by atomic mass is 10.1. The molecule has 0 fully saturated rings. The van der Waals surface area contributed by atoms with Crippen LogP contribution >= 0.6 is 0 Å². The minimum absolute atomic E-state index is 0.0302. The molecule has 9 nitrogen and oxygen atoms in total. The van der Waals surface area contributed by atoms with Gasteiger partial charge in [-0.2, -0.15) is 0 Å². The van der Waals surface area contributed by atoms with E-state index in [1.807, 2.05) is 31.3 Å². The number of nitrogens with zero attached hydrogens (tertiary/aromatic N) is 5. The summed E-state index contributed by atoms with van der Waals surface area (Å²) >= 11 is 0. The highest BCUT2D eigenvalue weighted by atomic mass is 32.2. The topological polar surface area (TPSA) is 124 Å². The molecule has 1 N–H and O–H groups in total. The molecular formula is C22H22N6O3S. The molecule has 0 amide bonds. The molecule has 0 aliphatic rings. The van der Waals surface area contributed by atoms with Crippen LogP contribution in [0.4, 0.5) is 0 Å². The smallest absolute Gasteiger partial charge is 0.268 e. The summed E-state index contributed by atoms with van der Waals surface area (Å²) in [4.78, 5) is 12.8. The van der Waals surface area contributed by atoms with Gasteiger partial charge in [-0.15, -0.1) is 10.2 Å². The first kappa shape index (κ1) is 21.7. The second kappa shape index (κ2) is 8.93. The second-order valence-electron chi connectivity index (χ2n) is 7.41. The zero-order valence-corrected chi connectivity index (χ0v) is 18.7. The standard InChI is InChI=1S/C22H22N6O3S/c1-14(2)32(29,30)20-9-8-17(11-25-20)18-12-24-13-19(26-18)22-28-27-21(31-22)16-6-4-15(5-7-16)10-23-3/h4-9,11-14,23H,10H2,1-3H3. The van der Waals surface area contributed by atoms with E-state index in [2.05, 4.69) is 30.5 Å². The van der Waals surface area contributed by atoms with Gasteiger partial charge in [-0.25, -0.2) is 18.4 Å². The molecule has 0 radical (unpaired) electrons. The SMILES string of the molecule is CNCc1ccc(-c2nnc(-c3cncc(-c4ccc(S(=O)(=O)C(C)C)nc4)n3)o2)cc1. The van der Waals surface area contributed by atoms with E-state index in [0.717, 1.165) is 17.7 Å². The fourth-order valence-electron chi connectivity index (χ4n) is 2.96. The third-order valence-electron chi connectivity index (χ3n) is 4.80. The molecule has 0 unspecified atom stereocenters. The summed E-state index contributed by atoms with van der Waals surface area (Å²) in [6, 6.07) is 11.0. The van der Waals surface area contributed by atoms with Crippen molar-refractivity contribution in [2.75, 3.05) is 7.05 Å². The fourth-order valence-corrected chi connectivity index (χ4v) is 3.90. The molecule has 0 bridgehead atoms. The Morgan fingerprint density at radius 2 is 1.59 bits per heavy atom. The van der Waals surface area contributed by atoms with Gasteiger partial charge in [0.15, 0.2) is 14.9 Å². The predicted octanol–water partition coefficient (Wildman–Crippen LogP) is 3.16. The van der Waals surface area contributed by atoms with Crippen LogP contribution in [0.1, 0.15) is 19.4 Å². The molecule has 0 atom stereocenters. The number of sulfone groups is 1. The highest BCUT2D eigenvalue weighted by molar-refractivity contribution is 7.91. The van der Waals surface area contributed by atoms with Crippen molar-refractivity contribution in [2.45, 2.75) is 30.7 Å². The zero-order valence-electron chi connectivity index (χ0n) is 17.8. The Bertz CT molecular complexity index is 1320. The van der Waals surface area contributed by atoms with E-state index in [4.69, 9.17) is 4.42 Å². The maximum atomic E-state index is 12.3.